The molecular weight excluding hydrogens is 326 g/mol. The Morgan fingerprint density at radius 2 is 1.58 bits per heavy atom. The molecule has 26 heavy (non-hydrogen) atoms. The van der Waals surface area contributed by atoms with E-state index >= 15 is 0 Å². The van der Waals surface area contributed by atoms with Crippen LogP contribution in [0.2, 0.25) is 0 Å². The van der Waals surface area contributed by atoms with Crippen LogP contribution in [0.1, 0.15) is 11.6 Å². The largest absolute Gasteiger partial charge is 0.497 e. The van der Waals surface area contributed by atoms with Crippen molar-refractivity contribution < 1.29 is 9.53 Å². The lowest BCUT2D eigenvalue weighted by Gasteiger charge is -2.40. The molecule has 0 spiro atoms. The minimum absolute atomic E-state index is 0.133. The third kappa shape index (κ3) is 3.99. The van der Waals surface area contributed by atoms with Gasteiger partial charge in [-0.1, -0.05) is 30.3 Å². The monoisotopic (exact) mass is 353 g/mol. The quantitative estimate of drug-likeness (QED) is 0.828. The topological polar surface area (TPSA) is 36.0 Å². The van der Waals surface area contributed by atoms with Gasteiger partial charge in [0.05, 0.1) is 7.11 Å². The molecule has 1 fully saturated rings. The zero-order valence-electron chi connectivity index (χ0n) is 15.8. The average Bonchev–Trinajstić information content (AvgIpc) is 2.69. The lowest BCUT2D eigenvalue weighted by Crippen LogP contribution is -2.51. The van der Waals surface area contributed by atoms with Gasteiger partial charge in [-0.3, -0.25) is 9.69 Å². The van der Waals surface area contributed by atoms with E-state index in [-0.39, 0.29) is 11.9 Å². The van der Waals surface area contributed by atoms with Crippen LogP contribution in [0.4, 0.5) is 5.69 Å². The van der Waals surface area contributed by atoms with Crippen molar-refractivity contribution in [3.8, 4) is 5.75 Å². The van der Waals surface area contributed by atoms with E-state index in [1.54, 1.807) is 12.0 Å². The Morgan fingerprint density at radius 3 is 2.12 bits per heavy atom. The zero-order valence-corrected chi connectivity index (χ0v) is 15.8. The van der Waals surface area contributed by atoms with Crippen molar-refractivity contribution in [3.63, 3.8) is 0 Å². The number of methoxy groups -OCH3 is 1. The second-order valence-electron chi connectivity index (χ2n) is 6.77. The maximum Gasteiger partial charge on any atom is 0.244 e. The minimum atomic E-state index is -0.218. The van der Waals surface area contributed by atoms with Gasteiger partial charge in [-0.2, -0.15) is 0 Å². The van der Waals surface area contributed by atoms with Gasteiger partial charge in [0.2, 0.25) is 5.91 Å². The lowest BCUT2D eigenvalue weighted by atomic mass is 10.0. The standard InChI is InChI=1S/C21H27N3O2/c1-22(2)21(25)20(17-7-5-4-6-8-17)24-15-13-23(14-16-24)18-9-11-19(26-3)12-10-18/h4-12,20H,13-16H2,1-3H3. The Kier molecular flexibility index (Phi) is 5.78. The third-order valence-corrected chi connectivity index (χ3v) is 4.91. The fourth-order valence-corrected chi connectivity index (χ4v) is 3.42. The van der Waals surface area contributed by atoms with E-state index in [2.05, 4.69) is 21.9 Å². The summed E-state index contributed by atoms with van der Waals surface area (Å²) in [6.45, 7) is 3.50. The van der Waals surface area contributed by atoms with E-state index in [9.17, 15) is 4.79 Å². The summed E-state index contributed by atoms with van der Waals surface area (Å²) < 4.78 is 5.23. The maximum atomic E-state index is 12.8. The van der Waals surface area contributed by atoms with Gasteiger partial charge < -0.3 is 14.5 Å². The minimum Gasteiger partial charge on any atom is -0.497 e. The Balaban J connectivity index is 1.72. The average molecular weight is 353 g/mol. The Morgan fingerprint density at radius 1 is 0.962 bits per heavy atom. The predicted molar refractivity (Wildman–Crippen MR) is 105 cm³/mol. The number of hydrogen-bond acceptors (Lipinski definition) is 4. The summed E-state index contributed by atoms with van der Waals surface area (Å²) in [7, 11) is 5.33. The molecule has 0 bridgehead atoms. The molecule has 2 aromatic rings. The van der Waals surface area contributed by atoms with Gasteiger partial charge in [-0.05, 0) is 29.8 Å². The van der Waals surface area contributed by atoms with E-state index in [0.717, 1.165) is 37.5 Å². The van der Waals surface area contributed by atoms with E-state index in [1.165, 1.54) is 5.69 Å². The fourth-order valence-electron chi connectivity index (χ4n) is 3.42. The van der Waals surface area contributed by atoms with Crippen LogP contribution in [0.5, 0.6) is 5.75 Å². The zero-order chi connectivity index (χ0) is 18.5. The first-order valence-electron chi connectivity index (χ1n) is 8.99. The highest BCUT2D eigenvalue weighted by Crippen LogP contribution is 2.26. The molecule has 1 atom stereocenters. The molecule has 1 heterocycles. The number of amides is 1. The number of rotatable bonds is 5. The summed E-state index contributed by atoms with van der Waals surface area (Å²) in [5.74, 6) is 1.00. The van der Waals surface area contributed by atoms with E-state index in [4.69, 9.17) is 4.74 Å². The van der Waals surface area contributed by atoms with Gasteiger partial charge in [0.15, 0.2) is 0 Å². The molecule has 0 aromatic heterocycles. The van der Waals surface area contributed by atoms with Crippen molar-refractivity contribution in [2.75, 3.05) is 52.3 Å². The maximum absolute atomic E-state index is 12.8. The van der Waals surface area contributed by atoms with Crippen molar-refractivity contribution in [1.29, 1.82) is 0 Å². The summed E-state index contributed by atoms with van der Waals surface area (Å²) >= 11 is 0. The molecule has 0 N–H and O–H groups in total. The predicted octanol–water partition coefficient (Wildman–Crippen LogP) is 2.65. The molecule has 1 unspecified atom stereocenters. The summed E-state index contributed by atoms with van der Waals surface area (Å²) in [5, 5.41) is 0. The van der Waals surface area contributed by atoms with Crippen LogP contribution in [0.15, 0.2) is 54.6 Å². The molecule has 0 saturated carbocycles. The van der Waals surface area contributed by atoms with Gasteiger partial charge in [0.25, 0.3) is 0 Å². The molecule has 1 aliphatic heterocycles. The number of anilines is 1. The first-order valence-corrected chi connectivity index (χ1v) is 8.99. The molecule has 1 saturated heterocycles. The van der Waals surface area contributed by atoms with Crippen LogP contribution in [-0.2, 0) is 4.79 Å². The van der Waals surface area contributed by atoms with Gasteiger partial charge in [0, 0.05) is 46.0 Å². The molecule has 1 aliphatic rings. The highest BCUT2D eigenvalue weighted by Gasteiger charge is 2.31. The van der Waals surface area contributed by atoms with Gasteiger partial charge >= 0.3 is 0 Å². The molecule has 1 amide bonds. The van der Waals surface area contributed by atoms with Crippen LogP contribution in [-0.4, -0.2) is 63.1 Å². The summed E-state index contributed by atoms with van der Waals surface area (Å²) in [5.41, 5.74) is 2.25. The number of carbonyl (C=O) groups is 1. The number of likely N-dealkylation sites (N-methyl/N-ethyl adjacent to an activating group) is 1. The van der Waals surface area contributed by atoms with Crippen LogP contribution in [0.25, 0.3) is 0 Å². The SMILES string of the molecule is COc1ccc(N2CCN(C(C(=O)N(C)C)c3ccccc3)CC2)cc1. The second-order valence-corrected chi connectivity index (χ2v) is 6.77. The number of benzene rings is 2. The second kappa shape index (κ2) is 8.23. The van der Waals surface area contributed by atoms with Crippen LogP contribution < -0.4 is 9.64 Å². The van der Waals surface area contributed by atoms with Gasteiger partial charge in [0.1, 0.15) is 11.8 Å². The van der Waals surface area contributed by atoms with E-state index < -0.39 is 0 Å². The van der Waals surface area contributed by atoms with Gasteiger partial charge in [-0.25, -0.2) is 0 Å². The van der Waals surface area contributed by atoms with Crippen molar-refractivity contribution in [3.05, 3.63) is 60.2 Å². The highest BCUT2D eigenvalue weighted by atomic mass is 16.5. The smallest absolute Gasteiger partial charge is 0.244 e. The van der Waals surface area contributed by atoms with Crippen molar-refractivity contribution in [1.82, 2.24) is 9.80 Å². The fraction of sp³-hybridized carbons (Fsp3) is 0.381. The number of nitrogens with zero attached hydrogens (tertiary/aromatic N) is 3. The molecule has 0 radical (unpaired) electrons. The summed E-state index contributed by atoms with van der Waals surface area (Å²) in [4.78, 5) is 19.2. The molecule has 0 aliphatic carbocycles. The lowest BCUT2D eigenvalue weighted by molar-refractivity contribution is -0.134. The molecule has 2 aromatic carbocycles. The molecule has 5 nitrogen and oxygen atoms in total. The molecule has 138 valence electrons. The number of carbonyl (C=O) groups excluding carboxylic acids is 1. The Labute approximate surface area is 155 Å². The first kappa shape index (κ1) is 18.3. The molecule has 3 rings (SSSR count). The Hall–Kier alpha value is -2.53. The summed E-state index contributed by atoms with van der Waals surface area (Å²) in [6.07, 6.45) is 0. The van der Waals surface area contributed by atoms with Crippen LogP contribution >= 0.6 is 0 Å². The Bertz CT molecular complexity index is 708. The highest BCUT2D eigenvalue weighted by molar-refractivity contribution is 5.83. The third-order valence-electron chi connectivity index (χ3n) is 4.91. The number of piperazine rings is 1. The van der Waals surface area contributed by atoms with Crippen LogP contribution in [0, 0.1) is 0 Å². The number of hydrogen-bond donors (Lipinski definition) is 0. The van der Waals surface area contributed by atoms with E-state index in [0.29, 0.717) is 0 Å². The normalized spacial score (nSPS) is 16.2. The van der Waals surface area contributed by atoms with Crippen molar-refractivity contribution >= 4 is 11.6 Å². The van der Waals surface area contributed by atoms with Crippen molar-refractivity contribution in [2.45, 2.75) is 6.04 Å². The summed E-state index contributed by atoms with van der Waals surface area (Å²) in [6, 6.07) is 18.0. The van der Waals surface area contributed by atoms with Gasteiger partial charge in [-0.15, -0.1) is 0 Å². The van der Waals surface area contributed by atoms with Crippen LogP contribution in [0.3, 0.4) is 0 Å². The first-order chi connectivity index (χ1) is 12.6. The van der Waals surface area contributed by atoms with Crippen molar-refractivity contribution in [2.24, 2.45) is 0 Å². The molecule has 5 heteroatoms. The molecular formula is C21H27N3O2. The number of ether oxygens (including phenoxy) is 1. The van der Waals surface area contributed by atoms with E-state index in [1.807, 2.05) is 56.6 Å².